The minimum Gasteiger partial charge on any atom is -0.364 e. The topological polar surface area (TPSA) is 42.9 Å². The number of hydrazine groups is 1. The van der Waals surface area contributed by atoms with Crippen LogP contribution in [-0.2, 0) is 0 Å². The van der Waals surface area contributed by atoms with Crippen molar-refractivity contribution in [2.45, 2.75) is 39.8 Å². The lowest BCUT2D eigenvalue weighted by atomic mass is 10.0. The summed E-state index contributed by atoms with van der Waals surface area (Å²) in [6.07, 6.45) is 3.88. The first-order chi connectivity index (χ1) is 12.1. The summed E-state index contributed by atoms with van der Waals surface area (Å²) in [4.78, 5) is 6.82. The summed E-state index contributed by atoms with van der Waals surface area (Å²) in [5.74, 6) is 0.691. The van der Waals surface area contributed by atoms with E-state index in [1.165, 1.54) is 5.69 Å². The molecule has 1 aromatic rings. The zero-order chi connectivity index (χ0) is 18.4. The number of benzene rings is 1. The number of hydrogen-bond donors (Lipinski definition) is 2. The standard InChI is InChI=1S/C18H25N5.C2H6/c1-13-9-20-10-14(2)23(13)18-7-5-16(6-8-18)17-11-21-15(3)22(12-17)19-4;1-2/h5-8,11-14,19-20H,3,9-10H2,1-2,4H3;1-2H3. The van der Waals surface area contributed by atoms with Gasteiger partial charge >= 0.3 is 0 Å². The van der Waals surface area contributed by atoms with Gasteiger partial charge in [-0.3, -0.25) is 5.01 Å². The fourth-order valence-corrected chi connectivity index (χ4v) is 3.26. The highest BCUT2D eigenvalue weighted by Crippen LogP contribution is 2.25. The quantitative estimate of drug-likeness (QED) is 0.886. The second-order valence-corrected chi connectivity index (χ2v) is 6.16. The molecule has 2 atom stereocenters. The van der Waals surface area contributed by atoms with Gasteiger partial charge in [-0.25, -0.2) is 10.4 Å². The van der Waals surface area contributed by atoms with E-state index in [-0.39, 0.29) is 0 Å². The molecule has 0 aliphatic carbocycles. The first-order valence-electron chi connectivity index (χ1n) is 9.11. The van der Waals surface area contributed by atoms with Crippen molar-refractivity contribution in [1.82, 2.24) is 15.8 Å². The third kappa shape index (κ3) is 4.30. The Labute approximate surface area is 152 Å². The molecule has 2 aliphatic heterocycles. The molecule has 0 spiro atoms. The van der Waals surface area contributed by atoms with Crippen LogP contribution >= 0.6 is 0 Å². The average Bonchev–Trinajstić information content (AvgIpc) is 2.64. The van der Waals surface area contributed by atoms with Crippen LogP contribution in [0.1, 0.15) is 33.3 Å². The lowest BCUT2D eigenvalue weighted by Crippen LogP contribution is -2.55. The molecule has 2 N–H and O–H groups in total. The van der Waals surface area contributed by atoms with Crippen molar-refractivity contribution in [3.63, 3.8) is 0 Å². The van der Waals surface area contributed by atoms with Crippen molar-refractivity contribution >= 4 is 17.5 Å². The predicted molar refractivity (Wildman–Crippen MR) is 109 cm³/mol. The summed E-state index contributed by atoms with van der Waals surface area (Å²) in [6, 6.07) is 9.74. The van der Waals surface area contributed by atoms with Gasteiger partial charge < -0.3 is 10.2 Å². The number of aliphatic imine (C=N–C) groups is 1. The molecule has 0 aromatic heterocycles. The molecule has 5 nitrogen and oxygen atoms in total. The largest absolute Gasteiger partial charge is 0.364 e. The van der Waals surface area contributed by atoms with Crippen LogP contribution in [0.15, 0.2) is 47.9 Å². The van der Waals surface area contributed by atoms with Crippen LogP contribution in [0, 0.1) is 0 Å². The summed E-state index contributed by atoms with van der Waals surface area (Å²) < 4.78 is 0. The van der Waals surface area contributed by atoms with Crippen LogP contribution in [0.5, 0.6) is 0 Å². The van der Waals surface area contributed by atoms with Crippen LogP contribution in [0.2, 0.25) is 0 Å². The number of anilines is 1. The van der Waals surface area contributed by atoms with Crippen LogP contribution in [0.3, 0.4) is 0 Å². The SMILES string of the molecule is C=C1N=CC(c2ccc(N3C(C)CNCC3C)cc2)=CN1NC.CC. The Morgan fingerprint density at radius 3 is 2.28 bits per heavy atom. The van der Waals surface area contributed by atoms with E-state index in [0.29, 0.717) is 17.9 Å². The van der Waals surface area contributed by atoms with Crippen molar-refractivity contribution in [1.29, 1.82) is 0 Å². The smallest absolute Gasteiger partial charge is 0.139 e. The normalized spacial score (nSPS) is 23.1. The van der Waals surface area contributed by atoms with Gasteiger partial charge in [0.05, 0.1) is 0 Å². The van der Waals surface area contributed by atoms with Crippen molar-refractivity contribution in [3.8, 4) is 0 Å². The van der Waals surface area contributed by atoms with Gasteiger partial charge in [0.2, 0.25) is 0 Å². The minimum absolute atomic E-state index is 0.503. The Morgan fingerprint density at radius 1 is 1.12 bits per heavy atom. The van der Waals surface area contributed by atoms with Gasteiger partial charge in [-0.1, -0.05) is 32.6 Å². The zero-order valence-electron chi connectivity index (χ0n) is 16.1. The van der Waals surface area contributed by atoms with E-state index in [9.17, 15) is 0 Å². The van der Waals surface area contributed by atoms with Crippen LogP contribution in [-0.4, -0.2) is 43.4 Å². The molecule has 0 amide bonds. The number of rotatable bonds is 3. The molecular formula is C20H31N5. The number of nitrogens with zero attached hydrogens (tertiary/aromatic N) is 3. The molecular weight excluding hydrogens is 310 g/mol. The van der Waals surface area contributed by atoms with Crippen molar-refractivity contribution in [2.24, 2.45) is 4.99 Å². The first kappa shape index (κ1) is 19.2. The van der Waals surface area contributed by atoms with Crippen LogP contribution in [0.4, 0.5) is 5.69 Å². The highest BCUT2D eigenvalue weighted by atomic mass is 15.5. The van der Waals surface area contributed by atoms with Crippen molar-refractivity contribution < 1.29 is 0 Å². The molecule has 136 valence electrons. The van der Waals surface area contributed by atoms with Crippen LogP contribution < -0.4 is 15.6 Å². The molecule has 3 rings (SSSR count). The highest BCUT2D eigenvalue weighted by Gasteiger charge is 2.24. The Hall–Kier alpha value is -2.11. The Kier molecular flexibility index (Phi) is 6.79. The molecule has 0 radical (unpaired) electrons. The van der Waals surface area contributed by atoms with Crippen LogP contribution in [0.25, 0.3) is 5.57 Å². The number of hydrogen-bond acceptors (Lipinski definition) is 5. The van der Waals surface area contributed by atoms with Gasteiger partial charge in [0.15, 0.2) is 0 Å². The van der Waals surface area contributed by atoms with E-state index < -0.39 is 0 Å². The lowest BCUT2D eigenvalue weighted by Gasteiger charge is -2.41. The number of piperazine rings is 1. The Morgan fingerprint density at radius 2 is 1.72 bits per heavy atom. The van der Waals surface area contributed by atoms with Gasteiger partial charge in [-0.15, -0.1) is 0 Å². The van der Waals surface area contributed by atoms with Gasteiger partial charge in [0.1, 0.15) is 5.82 Å². The maximum Gasteiger partial charge on any atom is 0.139 e. The van der Waals surface area contributed by atoms with Gasteiger partial charge in [-0.05, 0) is 31.5 Å². The predicted octanol–water partition coefficient (Wildman–Crippen LogP) is 3.23. The van der Waals surface area contributed by atoms with Crippen molar-refractivity contribution in [3.05, 3.63) is 48.4 Å². The monoisotopic (exact) mass is 341 g/mol. The molecule has 1 fully saturated rings. The summed E-state index contributed by atoms with van der Waals surface area (Å²) in [5, 5.41) is 5.30. The minimum atomic E-state index is 0.503. The summed E-state index contributed by atoms with van der Waals surface area (Å²) in [5.41, 5.74) is 6.56. The third-order valence-corrected chi connectivity index (χ3v) is 4.47. The maximum atomic E-state index is 4.33. The number of allylic oxidation sites excluding steroid dienone is 1. The van der Waals surface area contributed by atoms with E-state index >= 15 is 0 Å². The summed E-state index contributed by atoms with van der Waals surface area (Å²) in [6.45, 7) is 14.5. The van der Waals surface area contributed by atoms with Gasteiger partial charge in [-0.2, -0.15) is 0 Å². The van der Waals surface area contributed by atoms with E-state index in [0.717, 1.165) is 24.2 Å². The summed E-state index contributed by atoms with van der Waals surface area (Å²) in [7, 11) is 1.86. The van der Waals surface area contributed by atoms with E-state index in [4.69, 9.17) is 0 Å². The fraction of sp³-hybridized carbons (Fsp3) is 0.450. The summed E-state index contributed by atoms with van der Waals surface area (Å²) >= 11 is 0. The Bertz CT molecular complexity index is 622. The second-order valence-electron chi connectivity index (χ2n) is 6.16. The molecule has 2 aliphatic rings. The highest BCUT2D eigenvalue weighted by molar-refractivity contribution is 6.10. The molecule has 25 heavy (non-hydrogen) atoms. The molecule has 5 heteroatoms. The molecule has 1 saturated heterocycles. The van der Waals surface area contributed by atoms with Gasteiger partial charge in [0.25, 0.3) is 0 Å². The average molecular weight is 342 g/mol. The molecule has 0 bridgehead atoms. The van der Waals surface area contributed by atoms with Crippen molar-refractivity contribution in [2.75, 3.05) is 25.0 Å². The Balaban J connectivity index is 0.00000109. The van der Waals surface area contributed by atoms with E-state index in [1.54, 1.807) is 0 Å². The van der Waals surface area contributed by atoms with Gasteiger partial charge in [0, 0.05) is 55.9 Å². The fourth-order valence-electron chi connectivity index (χ4n) is 3.26. The molecule has 2 heterocycles. The third-order valence-electron chi connectivity index (χ3n) is 4.47. The van der Waals surface area contributed by atoms with E-state index in [2.05, 4.69) is 65.3 Å². The maximum absolute atomic E-state index is 4.33. The number of nitrogens with one attached hydrogen (secondary N) is 2. The molecule has 1 aromatic carbocycles. The molecule has 0 saturated carbocycles. The first-order valence-corrected chi connectivity index (χ1v) is 9.11. The van der Waals surface area contributed by atoms with E-state index in [1.807, 2.05) is 38.3 Å². The zero-order valence-corrected chi connectivity index (χ0v) is 16.1. The molecule has 2 unspecified atom stereocenters. The second kappa shape index (κ2) is 8.83. The lowest BCUT2D eigenvalue weighted by molar-refractivity contribution is 0.372.